The molecule has 0 saturated heterocycles. The van der Waals surface area contributed by atoms with Gasteiger partial charge in [0.15, 0.2) is 0 Å². The van der Waals surface area contributed by atoms with E-state index < -0.39 is 18.1 Å². The number of carbonyl (C=O) groups is 1. The van der Waals surface area contributed by atoms with Crippen LogP contribution in [0.4, 0.5) is 23.7 Å². The highest BCUT2D eigenvalue weighted by Gasteiger charge is 2.38. The van der Waals surface area contributed by atoms with Crippen LogP contribution in [0, 0.1) is 18.8 Å². The predicted molar refractivity (Wildman–Crippen MR) is 141 cm³/mol. The van der Waals surface area contributed by atoms with Crippen molar-refractivity contribution in [3.05, 3.63) is 59.3 Å². The van der Waals surface area contributed by atoms with Crippen molar-refractivity contribution in [1.82, 2.24) is 14.7 Å². The van der Waals surface area contributed by atoms with Gasteiger partial charge in [0.05, 0.1) is 23.9 Å². The van der Waals surface area contributed by atoms with Crippen LogP contribution in [0.25, 0.3) is 16.9 Å². The van der Waals surface area contributed by atoms with E-state index in [4.69, 9.17) is 15.6 Å². The van der Waals surface area contributed by atoms with Crippen LogP contribution in [0.3, 0.4) is 0 Å². The molecule has 0 fully saturated rings. The van der Waals surface area contributed by atoms with Crippen LogP contribution >= 0.6 is 0 Å². The molecule has 2 amide bonds. The first-order valence-corrected chi connectivity index (χ1v) is 12.7. The largest absolute Gasteiger partial charge is 0.491 e. The average molecular weight is 530 g/mol. The zero-order chi connectivity index (χ0) is 27.6. The molecule has 1 aliphatic rings. The molecular weight excluding hydrogens is 495 g/mol. The number of nitrogens with one attached hydrogen (secondary N) is 1. The van der Waals surface area contributed by atoms with Crippen molar-refractivity contribution in [2.24, 2.45) is 17.6 Å². The van der Waals surface area contributed by atoms with Gasteiger partial charge in [0.1, 0.15) is 11.4 Å². The third-order valence-electron chi connectivity index (χ3n) is 6.61. The van der Waals surface area contributed by atoms with Crippen LogP contribution in [0.2, 0.25) is 0 Å². The van der Waals surface area contributed by atoms with E-state index in [2.05, 4.69) is 19.2 Å². The Morgan fingerprint density at radius 2 is 1.87 bits per heavy atom. The minimum absolute atomic E-state index is 0.0812. The van der Waals surface area contributed by atoms with Crippen molar-refractivity contribution in [1.29, 1.82) is 0 Å². The fraction of sp³-hybridized carbons (Fsp3) is 0.429. The number of nitrogens with zero attached hydrogens (tertiary/aromatic N) is 3. The number of urea groups is 1. The topological polar surface area (TPSA) is 85.4 Å². The summed E-state index contributed by atoms with van der Waals surface area (Å²) in [6.45, 7) is 8.65. The van der Waals surface area contributed by atoms with Crippen molar-refractivity contribution >= 4 is 11.7 Å². The third kappa shape index (κ3) is 6.12. The minimum Gasteiger partial charge on any atom is -0.491 e. The minimum atomic E-state index is -4.25. The highest BCUT2D eigenvalue weighted by molar-refractivity contribution is 5.88. The molecule has 0 bridgehead atoms. The highest BCUT2D eigenvalue weighted by atomic mass is 19.4. The van der Waals surface area contributed by atoms with Crippen LogP contribution in [-0.2, 0) is 13.0 Å². The van der Waals surface area contributed by atoms with Gasteiger partial charge >= 0.3 is 12.2 Å². The molecule has 2 aromatic carbocycles. The van der Waals surface area contributed by atoms with E-state index in [1.807, 2.05) is 46.8 Å². The maximum absolute atomic E-state index is 13.3. The lowest BCUT2D eigenvalue weighted by Crippen LogP contribution is -2.38. The Hall–Kier alpha value is -3.53. The van der Waals surface area contributed by atoms with Gasteiger partial charge < -0.3 is 15.8 Å². The van der Waals surface area contributed by atoms with Crippen LogP contribution in [0.5, 0.6) is 5.75 Å². The molecule has 38 heavy (non-hydrogen) atoms. The summed E-state index contributed by atoms with van der Waals surface area (Å²) in [7, 11) is 0. The quantitative estimate of drug-likeness (QED) is 0.379. The number of rotatable bonds is 8. The van der Waals surface area contributed by atoms with E-state index in [-0.39, 0.29) is 6.54 Å². The summed E-state index contributed by atoms with van der Waals surface area (Å²) in [5.41, 5.74) is 10.9. The summed E-state index contributed by atoms with van der Waals surface area (Å²) < 4.78 is 48.0. The van der Waals surface area contributed by atoms with Crippen molar-refractivity contribution in [2.45, 2.75) is 46.8 Å². The predicted octanol–water partition coefficient (Wildman–Crippen LogP) is 5.93. The zero-order valence-corrected chi connectivity index (χ0v) is 22.1. The van der Waals surface area contributed by atoms with Crippen molar-refractivity contribution in [2.75, 3.05) is 25.0 Å². The summed E-state index contributed by atoms with van der Waals surface area (Å²) in [6.07, 6.45) is -3.71. The molecule has 3 aromatic rings. The molecule has 1 unspecified atom stereocenters. The normalized spacial score (nSPS) is 14.8. The number of aromatic nitrogens is 2. The summed E-state index contributed by atoms with van der Waals surface area (Å²) in [6, 6.07) is 12.3. The molecule has 204 valence electrons. The maximum Gasteiger partial charge on any atom is 0.392 e. The second kappa shape index (κ2) is 11.1. The highest BCUT2D eigenvalue weighted by Crippen LogP contribution is 2.38. The Kier molecular flexibility index (Phi) is 8.01. The fourth-order valence-corrected chi connectivity index (χ4v) is 4.66. The number of nitrogens with two attached hydrogens (primary N) is 1. The second-order valence-electron chi connectivity index (χ2n) is 10.3. The summed E-state index contributed by atoms with van der Waals surface area (Å²) >= 11 is 0. The van der Waals surface area contributed by atoms with E-state index in [0.29, 0.717) is 43.5 Å². The van der Waals surface area contributed by atoms with Gasteiger partial charge in [-0.15, -0.1) is 0 Å². The van der Waals surface area contributed by atoms with Gasteiger partial charge in [-0.1, -0.05) is 45.0 Å². The van der Waals surface area contributed by atoms with Gasteiger partial charge in [0.25, 0.3) is 0 Å². The molecule has 0 aliphatic carbocycles. The molecule has 1 aliphatic heterocycles. The van der Waals surface area contributed by atoms with Gasteiger partial charge in [-0.2, -0.15) is 18.3 Å². The number of benzene rings is 2. The molecule has 10 heteroatoms. The molecule has 7 nitrogen and oxygen atoms in total. The standard InChI is InChI=1S/C28H34F3N5O2/c1-17(2)16-38-24-7-5-6-18(3)25(24)36-26(20-8-10-21(11-9-20)33-27(32)37)22-15-35(13-12-23(22)34-36)14-19(4)28(29,30)31/h5-11,17,19H,12-16H2,1-4H3,(H3,32,33,37). The molecular formula is C28H34F3N5O2. The number of anilines is 1. The average Bonchev–Trinajstić information content (AvgIpc) is 3.20. The zero-order valence-electron chi connectivity index (χ0n) is 22.1. The van der Waals surface area contributed by atoms with Gasteiger partial charge in [0.2, 0.25) is 0 Å². The molecule has 0 radical (unpaired) electrons. The van der Waals surface area contributed by atoms with Gasteiger partial charge in [0, 0.05) is 42.9 Å². The Morgan fingerprint density at radius 3 is 2.50 bits per heavy atom. The van der Waals surface area contributed by atoms with E-state index >= 15 is 0 Å². The van der Waals surface area contributed by atoms with Crippen LogP contribution in [0.1, 0.15) is 37.6 Å². The second-order valence-corrected chi connectivity index (χ2v) is 10.3. The number of primary amides is 1. The lowest BCUT2D eigenvalue weighted by atomic mass is 9.99. The van der Waals surface area contributed by atoms with Gasteiger partial charge in [-0.05, 0) is 36.6 Å². The third-order valence-corrected chi connectivity index (χ3v) is 6.61. The summed E-state index contributed by atoms with van der Waals surface area (Å²) in [4.78, 5) is 13.1. The Balaban J connectivity index is 1.82. The molecule has 3 N–H and O–H groups in total. The SMILES string of the molecule is Cc1cccc(OCC(C)C)c1-n1nc2c(c1-c1ccc(NC(N)=O)cc1)CN(CC(C)C(F)(F)F)CC2. The van der Waals surface area contributed by atoms with E-state index in [0.717, 1.165) is 33.8 Å². The number of carbonyl (C=O) groups excluding carboxylic acids is 1. The van der Waals surface area contributed by atoms with Crippen LogP contribution < -0.4 is 15.8 Å². The molecule has 2 heterocycles. The first-order chi connectivity index (χ1) is 17.9. The molecule has 1 atom stereocenters. The molecule has 0 spiro atoms. The molecule has 1 aromatic heterocycles. The smallest absolute Gasteiger partial charge is 0.392 e. The molecule has 4 rings (SSSR count). The number of ether oxygens (including phenoxy) is 1. The Labute approximate surface area is 220 Å². The number of hydrogen-bond donors (Lipinski definition) is 2. The van der Waals surface area contributed by atoms with E-state index in [1.165, 1.54) is 6.92 Å². The number of aryl methyl sites for hydroxylation is 1. The Morgan fingerprint density at radius 1 is 1.16 bits per heavy atom. The first-order valence-electron chi connectivity index (χ1n) is 12.7. The number of halogens is 3. The summed E-state index contributed by atoms with van der Waals surface area (Å²) in [5, 5.41) is 7.53. The van der Waals surface area contributed by atoms with E-state index in [9.17, 15) is 18.0 Å². The number of alkyl halides is 3. The maximum atomic E-state index is 13.3. The van der Waals surface area contributed by atoms with Crippen molar-refractivity contribution in [3.8, 4) is 22.7 Å². The molecule has 0 saturated carbocycles. The Bertz CT molecular complexity index is 1280. The number of para-hydroxylation sites is 1. The van der Waals surface area contributed by atoms with E-state index in [1.54, 1.807) is 12.1 Å². The lowest BCUT2D eigenvalue weighted by molar-refractivity contribution is -0.174. The number of amides is 2. The summed E-state index contributed by atoms with van der Waals surface area (Å²) in [5.74, 6) is -0.424. The first kappa shape index (κ1) is 27.5. The monoisotopic (exact) mass is 529 g/mol. The fourth-order valence-electron chi connectivity index (χ4n) is 4.66. The van der Waals surface area contributed by atoms with Gasteiger partial charge in [-0.25, -0.2) is 9.48 Å². The van der Waals surface area contributed by atoms with Crippen LogP contribution in [-0.4, -0.2) is 46.6 Å². The van der Waals surface area contributed by atoms with Gasteiger partial charge in [-0.3, -0.25) is 4.90 Å². The van der Waals surface area contributed by atoms with Crippen molar-refractivity contribution in [3.63, 3.8) is 0 Å². The van der Waals surface area contributed by atoms with Crippen LogP contribution in [0.15, 0.2) is 42.5 Å². The van der Waals surface area contributed by atoms with Crippen molar-refractivity contribution < 1.29 is 22.7 Å². The number of hydrogen-bond acceptors (Lipinski definition) is 4. The lowest BCUT2D eigenvalue weighted by Gasteiger charge is -2.30. The number of fused-ring (bicyclic) bond motifs is 1.